The Labute approximate surface area is 109 Å². The number of hydrogen-bond acceptors (Lipinski definition) is 4. The van der Waals surface area contributed by atoms with Gasteiger partial charge < -0.3 is 14.8 Å². The molecule has 4 heteroatoms. The molecule has 1 rings (SSSR count). The first-order valence-corrected chi connectivity index (χ1v) is 5.92. The fourth-order valence-electron chi connectivity index (χ4n) is 1.44. The molecule has 18 heavy (non-hydrogen) atoms. The Morgan fingerprint density at radius 3 is 2.83 bits per heavy atom. The molecule has 0 saturated heterocycles. The molecule has 0 spiro atoms. The summed E-state index contributed by atoms with van der Waals surface area (Å²) in [4.78, 5) is 0. The summed E-state index contributed by atoms with van der Waals surface area (Å²) in [6.07, 6.45) is 0. The number of nitriles is 1. The minimum absolute atomic E-state index is 0.0770. The predicted octanol–water partition coefficient (Wildman–Crippen LogP) is 2.10. The van der Waals surface area contributed by atoms with Crippen LogP contribution in [0.1, 0.15) is 19.4 Å². The highest BCUT2D eigenvalue weighted by atomic mass is 16.5. The van der Waals surface area contributed by atoms with Crippen LogP contribution in [-0.2, 0) is 11.3 Å². The summed E-state index contributed by atoms with van der Waals surface area (Å²) in [5.41, 5.74) is 0.951. The fourth-order valence-corrected chi connectivity index (χ4v) is 1.44. The van der Waals surface area contributed by atoms with Crippen LogP contribution in [0.2, 0.25) is 0 Å². The Bertz CT molecular complexity index is 411. The van der Waals surface area contributed by atoms with Gasteiger partial charge in [0.1, 0.15) is 11.8 Å². The fraction of sp³-hybridized carbons (Fsp3) is 0.500. The van der Waals surface area contributed by atoms with Crippen LogP contribution in [0.3, 0.4) is 0 Å². The average molecular weight is 248 g/mol. The summed E-state index contributed by atoms with van der Waals surface area (Å²) in [7, 11) is 1.71. The number of benzene rings is 1. The van der Waals surface area contributed by atoms with E-state index < -0.39 is 0 Å². The molecule has 1 aromatic rings. The first-order chi connectivity index (χ1) is 8.57. The lowest BCUT2D eigenvalue weighted by Gasteiger charge is -2.23. The zero-order valence-corrected chi connectivity index (χ0v) is 11.2. The molecule has 0 atom stereocenters. The maximum absolute atomic E-state index is 8.45. The largest absolute Gasteiger partial charge is 0.479 e. The molecule has 0 saturated carbocycles. The number of nitrogens with zero attached hydrogens (tertiary/aromatic N) is 1. The molecule has 0 unspecified atom stereocenters. The SMILES string of the molecule is COC(C)(C)CNCc1cccc(OCC#N)c1. The van der Waals surface area contributed by atoms with Crippen molar-refractivity contribution in [3.05, 3.63) is 29.8 Å². The molecule has 0 fully saturated rings. The Morgan fingerprint density at radius 1 is 1.39 bits per heavy atom. The highest BCUT2D eigenvalue weighted by Crippen LogP contribution is 2.13. The molecule has 1 aromatic carbocycles. The highest BCUT2D eigenvalue weighted by molar-refractivity contribution is 5.28. The van der Waals surface area contributed by atoms with Crippen molar-refractivity contribution in [2.24, 2.45) is 0 Å². The topological polar surface area (TPSA) is 54.3 Å². The van der Waals surface area contributed by atoms with Gasteiger partial charge in [-0.25, -0.2) is 0 Å². The van der Waals surface area contributed by atoms with E-state index in [-0.39, 0.29) is 12.2 Å². The summed E-state index contributed by atoms with van der Waals surface area (Å²) in [5, 5.41) is 11.8. The van der Waals surface area contributed by atoms with Gasteiger partial charge in [0.15, 0.2) is 6.61 Å². The van der Waals surface area contributed by atoms with E-state index in [1.807, 2.05) is 44.2 Å². The van der Waals surface area contributed by atoms with Crippen LogP contribution >= 0.6 is 0 Å². The lowest BCUT2D eigenvalue weighted by atomic mass is 10.1. The molecule has 98 valence electrons. The summed E-state index contributed by atoms with van der Waals surface area (Å²) in [6, 6.07) is 9.68. The normalized spacial score (nSPS) is 11.0. The van der Waals surface area contributed by atoms with E-state index >= 15 is 0 Å². The van der Waals surface area contributed by atoms with Crippen LogP contribution in [0.15, 0.2) is 24.3 Å². The van der Waals surface area contributed by atoms with Crippen LogP contribution in [-0.4, -0.2) is 25.9 Å². The monoisotopic (exact) mass is 248 g/mol. The number of rotatable bonds is 7. The van der Waals surface area contributed by atoms with Crippen LogP contribution in [0.5, 0.6) is 5.75 Å². The van der Waals surface area contributed by atoms with E-state index in [2.05, 4.69) is 5.32 Å². The van der Waals surface area contributed by atoms with Crippen molar-refractivity contribution in [3.63, 3.8) is 0 Å². The van der Waals surface area contributed by atoms with E-state index in [4.69, 9.17) is 14.7 Å². The molecule has 0 aliphatic carbocycles. The van der Waals surface area contributed by atoms with Crippen molar-refractivity contribution in [2.75, 3.05) is 20.3 Å². The van der Waals surface area contributed by atoms with E-state index in [1.54, 1.807) is 7.11 Å². The molecular formula is C14H20N2O2. The van der Waals surface area contributed by atoms with Crippen LogP contribution in [0.4, 0.5) is 0 Å². The van der Waals surface area contributed by atoms with Gasteiger partial charge in [0.05, 0.1) is 5.60 Å². The van der Waals surface area contributed by atoms with Crippen molar-refractivity contribution in [1.82, 2.24) is 5.32 Å². The quantitative estimate of drug-likeness (QED) is 0.803. The van der Waals surface area contributed by atoms with Crippen molar-refractivity contribution in [1.29, 1.82) is 5.26 Å². The molecule has 0 bridgehead atoms. The molecule has 4 nitrogen and oxygen atoms in total. The number of ether oxygens (including phenoxy) is 2. The summed E-state index contributed by atoms with van der Waals surface area (Å²) < 4.78 is 10.6. The summed E-state index contributed by atoms with van der Waals surface area (Å²) in [6.45, 7) is 5.66. The minimum Gasteiger partial charge on any atom is -0.479 e. The lowest BCUT2D eigenvalue weighted by molar-refractivity contribution is 0.0230. The predicted molar refractivity (Wildman–Crippen MR) is 70.3 cm³/mol. The van der Waals surface area contributed by atoms with Gasteiger partial charge in [-0.15, -0.1) is 0 Å². The van der Waals surface area contributed by atoms with E-state index in [0.29, 0.717) is 0 Å². The Morgan fingerprint density at radius 2 is 2.17 bits per heavy atom. The molecular weight excluding hydrogens is 228 g/mol. The smallest absolute Gasteiger partial charge is 0.174 e. The van der Waals surface area contributed by atoms with Gasteiger partial charge in [0, 0.05) is 20.2 Å². The number of methoxy groups -OCH3 is 1. The first-order valence-electron chi connectivity index (χ1n) is 5.92. The van der Waals surface area contributed by atoms with Crippen molar-refractivity contribution < 1.29 is 9.47 Å². The highest BCUT2D eigenvalue weighted by Gasteiger charge is 2.14. The van der Waals surface area contributed by atoms with Gasteiger partial charge in [-0.05, 0) is 31.5 Å². The Kier molecular flexibility index (Phi) is 5.63. The second-order valence-corrected chi connectivity index (χ2v) is 4.66. The van der Waals surface area contributed by atoms with Crippen molar-refractivity contribution in [2.45, 2.75) is 26.0 Å². The molecule has 0 heterocycles. The Balaban J connectivity index is 2.45. The summed E-state index contributed by atoms with van der Waals surface area (Å²) in [5.74, 6) is 0.724. The van der Waals surface area contributed by atoms with Crippen molar-refractivity contribution >= 4 is 0 Å². The van der Waals surface area contributed by atoms with E-state index in [0.717, 1.165) is 24.4 Å². The van der Waals surface area contributed by atoms with Gasteiger partial charge in [0.2, 0.25) is 0 Å². The van der Waals surface area contributed by atoms with Gasteiger partial charge >= 0.3 is 0 Å². The molecule has 0 aliphatic rings. The molecule has 0 aliphatic heterocycles. The molecule has 1 N–H and O–H groups in total. The van der Waals surface area contributed by atoms with Gasteiger partial charge in [-0.3, -0.25) is 0 Å². The molecule has 0 aromatic heterocycles. The third-order valence-electron chi connectivity index (χ3n) is 2.63. The van der Waals surface area contributed by atoms with Crippen molar-refractivity contribution in [3.8, 4) is 11.8 Å². The number of hydrogen-bond donors (Lipinski definition) is 1. The zero-order valence-electron chi connectivity index (χ0n) is 11.2. The molecule has 0 amide bonds. The lowest BCUT2D eigenvalue weighted by Crippen LogP contribution is -2.36. The van der Waals surface area contributed by atoms with E-state index in [9.17, 15) is 0 Å². The van der Waals surface area contributed by atoms with Gasteiger partial charge in [-0.1, -0.05) is 12.1 Å². The Hall–Kier alpha value is -1.57. The van der Waals surface area contributed by atoms with Crippen LogP contribution < -0.4 is 10.1 Å². The minimum atomic E-state index is -0.172. The van der Waals surface area contributed by atoms with Gasteiger partial charge in [0.25, 0.3) is 0 Å². The molecule has 0 radical (unpaired) electrons. The van der Waals surface area contributed by atoms with Gasteiger partial charge in [-0.2, -0.15) is 5.26 Å². The third-order valence-corrected chi connectivity index (χ3v) is 2.63. The van der Waals surface area contributed by atoms with Crippen LogP contribution in [0.25, 0.3) is 0 Å². The second-order valence-electron chi connectivity index (χ2n) is 4.66. The maximum atomic E-state index is 8.45. The zero-order chi connectivity index (χ0) is 13.4. The van der Waals surface area contributed by atoms with Crippen LogP contribution in [0, 0.1) is 11.3 Å². The van der Waals surface area contributed by atoms with E-state index in [1.165, 1.54) is 0 Å². The number of nitrogens with one attached hydrogen (secondary N) is 1. The first kappa shape index (κ1) is 14.5. The standard InChI is InChI=1S/C14H20N2O2/c1-14(2,17-3)11-16-10-12-5-4-6-13(9-12)18-8-7-15/h4-6,9,16H,8,10-11H2,1-3H3. The summed E-state index contributed by atoms with van der Waals surface area (Å²) >= 11 is 0. The maximum Gasteiger partial charge on any atom is 0.174 e. The average Bonchev–Trinajstić information content (AvgIpc) is 2.37. The second kappa shape index (κ2) is 7.00. The third kappa shape index (κ3) is 5.17.